The number of ether oxygens (including phenoxy) is 5. The number of carbonyl (C=O) groups is 1. The normalized spacial score (nSPS) is 18.1. The Morgan fingerprint density at radius 3 is 2.46 bits per heavy atom. The standard InChI is InChI=1S/C17H24N2O8.CH4/c1-17(16(21)22)11-27-15(19-17)14-12(20)3-4-13(18-14)26-10-9-25-8-7-24-6-5-23-2;/h3-4,20H,5-11H2,1-2H3,(H,21,22);1H4/p-1/t17-;/m1./s1. The molecule has 1 aromatic heterocycles. The van der Waals surface area contributed by atoms with Crippen LogP contribution in [-0.2, 0) is 23.7 Å². The van der Waals surface area contributed by atoms with Gasteiger partial charge in [0.05, 0.1) is 39.0 Å². The minimum absolute atomic E-state index is 0. The van der Waals surface area contributed by atoms with E-state index < -0.39 is 11.5 Å². The molecule has 0 amide bonds. The molecule has 0 saturated carbocycles. The van der Waals surface area contributed by atoms with Crippen LogP contribution in [0.4, 0.5) is 0 Å². The van der Waals surface area contributed by atoms with Gasteiger partial charge >= 0.3 is 0 Å². The Bertz CT molecular complexity index is 667. The molecule has 0 aromatic carbocycles. The minimum atomic E-state index is -1.51. The largest absolute Gasteiger partial charge is 0.547 e. The number of hydrogen-bond acceptors (Lipinski definition) is 10. The summed E-state index contributed by atoms with van der Waals surface area (Å²) in [6.45, 7) is 3.66. The average molecular weight is 399 g/mol. The van der Waals surface area contributed by atoms with Gasteiger partial charge in [0.25, 0.3) is 0 Å². The van der Waals surface area contributed by atoms with Crippen molar-refractivity contribution in [1.29, 1.82) is 0 Å². The van der Waals surface area contributed by atoms with Crippen molar-refractivity contribution in [2.75, 3.05) is 53.4 Å². The first-order chi connectivity index (χ1) is 13.0. The third-order valence-corrected chi connectivity index (χ3v) is 3.61. The molecule has 1 atom stereocenters. The SMILES string of the molecule is C.COCCOCCOCCOc1ccc(O)c(C2=N[C@@](C)(C(=O)[O-])CO2)n1. The number of carboxylic acid groups (broad SMARTS) is 1. The van der Waals surface area contributed by atoms with Gasteiger partial charge in [-0.3, -0.25) is 0 Å². The summed E-state index contributed by atoms with van der Waals surface area (Å²) in [7, 11) is 1.60. The lowest BCUT2D eigenvalue weighted by Crippen LogP contribution is -2.45. The van der Waals surface area contributed by atoms with Gasteiger partial charge in [0.1, 0.15) is 24.5 Å². The van der Waals surface area contributed by atoms with E-state index in [9.17, 15) is 15.0 Å². The van der Waals surface area contributed by atoms with Gasteiger partial charge < -0.3 is 38.7 Å². The summed E-state index contributed by atoms with van der Waals surface area (Å²) in [6.07, 6.45) is 0. The van der Waals surface area contributed by atoms with Crippen molar-refractivity contribution in [3.8, 4) is 11.6 Å². The fraction of sp³-hybridized carbons (Fsp3) is 0.611. The number of methoxy groups -OCH3 is 1. The van der Waals surface area contributed by atoms with Gasteiger partial charge in [-0.25, -0.2) is 9.98 Å². The zero-order valence-electron chi connectivity index (χ0n) is 15.3. The molecule has 0 radical (unpaired) electrons. The summed E-state index contributed by atoms with van der Waals surface area (Å²) >= 11 is 0. The van der Waals surface area contributed by atoms with Crippen LogP contribution >= 0.6 is 0 Å². The first-order valence-corrected chi connectivity index (χ1v) is 8.38. The number of nitrogens with zero attached hydrogens (tertiary/aromatic N) is 2. The smallest absolute Gasteiger partial charge is 0.240 e. The molecule has 10 heteroatoms. The van der Waals surface area contributed by atoms with E-state index in [0.29, 0.717) is 33.0 Å². The maximum atomic E-state index is 11.1. The summed E-state index contributed by atoms with van der Waals surface area (Å²) in [5.74, 6) is -1.42. The van der Waals surface area contributed by atoms with Crippen molar-refractivity contribution < 1.29 is 38.7 Å². The van der Waals surface area contributed by atoms with Crippen LogP contribution in [0.5, 0.6) is 11.6 Å². The Hall–Kier alpha value is -2.43. The first kappa shape index (κ1) is 23.6. The predicted octanol–water partition coefficient (Wildman–Crippen LogP) is -0.233. The number of hydrogen-bond donors (Lipinski definition) is 1. The van der Waals surface area contributed by atoms with Crippen LogP contribution < -0.4 is 9.84 Å². The van der Waals surface area contributed by atoms with Gasteiger partial charge in [0.2, 0.25) is 11.8 Å². The summed E-state index contributed by atoms with van der Waals surface area (Å²) in [5, 5.41) is 21.1. The van der Waals surface area contributed by atoms with Gasteiger partial charge in [0, 0.05) is 13.2 Å². The number of aromatic nitrogens is 1. The molecule has 0 unspecified atom stereocenters. The van der Waals surface area contributed by atoms with Crippen LogP contribution in [0.25, 0.3) is 0 Å². The molecule has 2 heterocycles. The number of carboxylic acids is 1. The van der Waals surface area contributed by atoms with Crippen LogP contribution in [0.15, 0.2) is 17.1 Å². The highest BCUT2D eigenvalue weighted by molar-refractivity contribution is 5.98. The van der Waals surface area contributed by atoms with E-state index in [2.05, 4.69) is 9.98 Å². The minimum Gasteiger partial charge on any atom is -0.547 e. The predicted molar refractivity (Wildman–Crippen MR) is 97.5 cm³/mol. The second-order valence-electron chi connectivity index (χ2n) is 5.85. The molecule has 158 valence electrons. The highest BCUT2D eigenvalue weighted by atomic mass is 16.6. The summed E-state index contributed by atoms with van der Waals surface area (Å²) in [5.41, 5.74) is -1.51. The van der Waals surface area contributed by atoms with Gasteiger partial charge in [0.15, 0.2) is 5.69 Å². The molecule has 2 rings (SSSR count). The van der Waals surface area contributed by atoms with Crippen molar-refractivity contribution in [3.63, 3.8) is 0 Å². The molecular formula is C18H27N2O8-. The molecule has 0 fully saturated rings. The summed E-state index contributed by atoms with van der Waals surface area (Å²) < 4.78 is 26.2. The number of rotatable bonds is 12. The zero-order chi connectivity index (χ0) is 19.7. The van der Waals surface area contributed by atoms with E-state index in [4.69, 9.17) is 23.7 Å². The van der Waals surface area contributed by atoms with Crippen molar-refractivity contribution in [2.24, 2.45) is 4.99 Å². The molecule has 1 aliphatic rings. The maximum absolute atomic E-state index is 11.1. The molecule has 0 saturated heterocycles. The Balaban J connectivity index is 0.00000392. The van der Waals surface area contributed by atoms with Crippen LogP contribution in [0.2, 0.25) is 0 Å². The Morgan fingerprint density at radius 1 is 1.21 bits per heavy atom. The fourth-order valence-corrected chi connectivity index (χ4v) is 2.06. The highest BCUT2D eigenvalue weighted by Crippen LogP contribution is 2.26. The quantitative estimate of drug-likeness (QED) is 0.473. The van der Waals surface area contributed by atoms with Crippen LogP contribution in [0.1, 0.15) is 20.0 Å². The van der Waals surface area contributed by atoms with Gasteiger partial charge in [-0.1, -0.05) is 7.43 Å². The molecular weight excluding hydrogens is 372 g/mol. The molecule has 1 aliphatic heterocycles. The van der Waals surface area contributed by atoms with Crippen LogP contribution in [0, 0.1) is 0 Å². The van der Waals surface area contributed by atoms with Gasteiger partial charge in [-0.15, -0.1) is 0 Å². The van der Waals surface area contributed by atoms with Crippen molar-refractivity contribution in [1.82, 2.24) is 4.98 Å². The molecule has 1 aromatic rings. The fourth-order valence-electron chi connectivity index (χ4n) is 2.06. The van der Waals surface area contributed by atoms with E-state index in [1.54, 1.807) is 7.11 Å². The maximum Gasteiger partial charge on any atom is 0.240 e. The van der Waals surface area contributed by atoms with E-state index in [0.717, 1.165) is 0 Å². The highest BCUT2D eigenvalue weighted by Gasteiger charge is 2.35. The second kappa shape index (κ2) is 11.4. The number of aliphatic carboxylic acids is 1. The van der Waals surface area contributed by atoms with Crippen molar-refractivity contribution >= 4 is 11.9 Å². The average Bonchev–Trinajstić information content (AvgIpc) is 3.05. The molecule has 1 N–H and O–H groups in total. The third-order valence-electron chi connectivity index (χ3n) is 3.61. The zero-order valence-corrected chi connectivity index (χ0v) is 15.3. The van der Waals surface area contributed by atoms with E-state index in [-0.39, 0.29) is 43.9 Å². The van der Waals surface area contributed by atoms with Crippen LogP contribution in [-0.4, -0.2) is 80.9 Å². The third kappa shape index (κ3) is 6.63. The summed E-state index contributed by atoms with van der Waals surface area (Å²) in [6, 6.07) is 2.84. The molecule has 0 spiro atoms. The van der Waals surface area contributed by atoms with E-state index >= 15 is 0 Å². The summed E-state index contributed by atoms with van der Waals surface area (Å²) in [4.78, 5) is 19.2. The Kier molecular flexibility index (Phi) is 9.63. The number of pyridine rings is 1. The van der Waals surface area contributed by atoms with Crippen molar-refractivity contribution in [2.45, 2.75) is 19.9 Å². The molecule has 10 nitrogen and oxygen atoms in total. The van der Waals surface area contributed by atoms with E-state index in [1.807, 2.05) is 0 Å². The second-order valence-corrected chi connectivity index (χ2v) is 5.85. The Morgan fingerprint density at radius 2 is 1.86 bits per heavy atom. The number of aromatic hydroxyl groups is 1. The lowest BCUT2D eigenvalue weighted by Gasteiger charge is -2.18. The molecule has 0 aliphatic carbocycles. The number of carbonyl (C=O) groups excluding carboxylic acids is 1. The topological polar surface area (TPSA) is 132 Å². The monoisotopic (exact) mass is 399 g/mol. The van der Waals surface area contributed by atoms with Gasteiger partial charge in [-0.05, 0) is 13.0 Å². The molecule has 28 heavy (non-hydrogen) atoms. The lowest BCUT2D eigenvalue weighted by atomic mass is 10.1. The van der Waals surface area contributed by atoms with E-state index in [1.165, 1.54) is 19.1 Å². The number of aliphatic imine (C=N–C) groups is 1. The van der Waals surface area contributed by atoms with Crippen LogP contribution in [0.3, 0.4) is 0 Å². The first-order valence-electron chi connectivity index (χ1n) is 8.38. The lowest BCUT2D eigenvalue weighted by molar-refractivity contribution is -0.312. The Labute approximate surface area is 164 Å². The molecule has 0 bridgehead atoms. The van der Waals surface area contributed by atoms with Gasteiger partial charge in [-0.2, -0.15) is 0 Å². The van der Waals surface area contributed by atoms with Crippen molar-refractivity contribution in [3.05, 3.63) is 17.8 Å².